The number of aliphatic hydroxyl groups is 1. The molecule has 22 heavy (non-hydrogen) atoms. The second-order valence-electron chi connectivity index (χ2n) is 6.75. The van der Waals surface area contributed by atoms with Crippen molar-refractivity contribution in [2.24, 2.45) is 11.8 Å². The number of aliphatic hydroxyl groups excluding tert-OH is 1. The van der Waals surface area contributed by atoms with Gasteiger partial charge in [-0.15, -0.1) is 0 Å². The van der Waals surface area contributed by atoms with Crippen LogP contribution in [-0.2, 0) is 11.3 Å². The average Bonchev–Trinajstić information content (AvgIpc) is 2.46. The minimum Gasteiger partial charge on any atom is -0.384 e. The van der Waals surface area contributed by atoms with Crippen LogP contribution in [0, 0.1) is 11.8 Å². The first-order chi connectivity index (χ1) is 10.4. The van der Waals surface area contributed by atoms with Crippen LogP contribution in [-0.4, -0.2) is 53.1 Å². The number of nitrogens with zero attached hydrogens (tertiary/aromatic N) is 2. The second-order valence-corrected chi connectivity index (χ2v) is 6.75. The molecule has 1 aliphatic rings. The van der Waals surface area contributed by atoms with Gasteiger partial charge < -0.3 is 10.0 Å². The SMILES string of the molecule is CC(O)C(=O)N(C)C1C(C)CN(Cc2ccccc2)CC1C. The number of carbonyl (C=O) groups is 1. The van der Waals surface area contributed by atoms with Crippen LogP contribution in [0.15, 0.2) is 30.3 Å². The van der Waals surface area contributed by atoms with Crippen molar-refractivity contribution in [3.05, 3.63) is 35.9 Å². The molecule has 3 atom stereocenters. The van der Waals surface area contributed by atoms with Crippen LogP contribution in [0.1, 0.15) is 26.3 Å². The Balaban J connectivity index is 2.01. The fourth-order valence-electron chi connectivity index (χ4n) is 3.84. The summed E-state index contributed by atoms with van der Waals surface area (Å²) in [5, 5.41) is 9.54. The molecule has 0 bridgehead atoms. The minimum absolute atomic E-state index is 0.180. The average molecular weight is 304 g/mol. The van der Waals surface area contributed by atoms with E-state index in [0.29, 0.717) is 11.8 Å². The lowest BCUT2D eigenvalue weighted by Gasteiger charge is -2.45. The molecule has 0 aliphatic carbocycles. The smallest absolute Gasteiger partial charge is 0.251 e. The Morgan fingerprint density at radius 3 is 2.32 bits per heavy atom. The maximum absolute atomic E-state index is 12.1. The molecule has 1 saturated heterocycles. The Kier molecular flexibility index (Phi) is 5.59. The number of piperidine rings is 1. The molecule has 1 amide bonds. The molecule has 0 radical (unpaired) electrons. The highest BCUT2D eigenvalue weighted by atomic mass is 16.3. The molecule has 1 aromatic rings. The van der Waals surface area contributed by atoms with Crippen LogP contribution in [0.25, 0.3) is 0 Å². The van der Waals surface area contributed by atoms with Gasteiger partial charge in [0.05, 0.1) is 0 Å². The third-order valence-electron chi connectivity index (χ3n) is 4.66. The first kappa shape index (κ1) is 17.0. The molecule has 1 aromatic carbocycles. The Bertz CT molecular complexity index is 477. The van der Waals surface area contributed by atoms with Crippen LogP contribution in [0.3, 0.4) is 0 Å². The van der Waals surface area contributed by atoms with E-state index < -0.39 is 6.10 Å². The Morgan fingerprint density at radius 1 is 1.27 bits per heavy atom. The predicted molar refractivity (Wildman–Crippen MR) is 88.3 cm³/mol. The summed E-state index contributed by atoms with van der Waals surface area (Å²) >= 11 is 0. The van der Waals surface area contributed by atoms with E-state index in [1.165, 1.54) is 5.56 Å². The first-order valence-electron chi connectivity index (χ1n) is 8.11. The van der Waals surface area contributed by atoms with E-state index in [2.05, 4.69) is 43.0 Å². The quantitative estimate of drug-likeness (QED) is 0.925. The zero-order valence-corrected chi connectivity index (χ0v) is 14.1. The largest absolute Gasteiger partial charge is 0.384 e. The van der Waals surface area contributed by atoms with E-state index in [4.69, 9.17) is 0 Å². The lowest BCUT2D eigenvalue weighted by atomic mass is 9.84. The van der Waals surface area contributed by atoms with E-state index in [1.54, 1.807) is 11.8 Å². The molecule has 122 valence electrons. The van der Waals surface area contributed by atoms with E-state index in [0.717, 1.165) is 19.6 Å². The van der Waals surface area contributed by atoms with Crippen LogP contribution in [0.2, 0.25) is 0 Å². The molecule has 0 saturated carbocycles. The molecule has 1 fully saturated rings. The molecular weight excluding hydrogens is 276 g/mol. The normalized spacial score (nSPS) is 27.4. The summed E-state index contributed by atoms with van der Waals surface area (Å²) in [6.07, 6.45) is -0.924. The van der Waals surface area contributed by atoms with Gasteiger partial charge in [-0.1, -0.05) is 44.2 Å². The zero-order valence-electron chi connectivity index (χ0n) is 14.1. The van der Waals surface area contributed by atoms with Crippen LogP contribution in [0.5, 0.6) is 0 Å². The van der Waals surface area contributed by atoms with Gasteiger partial charge >= 0.3 is 0 Å². The highest BCUT2D eigenvalue weighted by Crippen LogP contribution is 2.27. The Hall–Kier alpha value is -1.39. The van der Waals surface area contributed by atoms with Crippen molar-refractivity contribution in [2.75, 3.05) is 20.1 Å². The van der Waals surface area contributed by atoms with Gasteiger partial charge in [0.15, 0.2) is 0 Å². The summed E-state index contributed by atoms with van der Waals surface area (Å²) in [5.74, 6) is 0.598. The highest BCUT2D eigenvalue weighted by molar-refractivity contribution is 5.80. The second kappa shape index (κ2) is 7.25. The molecule has 0 aromatic heterocycles. The number of hydrogen-bond donors (Lipinski definition) is 1. The van der Waals surface area contributed by atoms with Crippen LogP contribution >= 0.6 is 0 Å². The zero-order chi connectivity index (χ0) is 16.3. The van der Waals surface area contributed by atoms with E-state index in [1.807, 2.05) is 13.1 Å². The number of rotatable bonds is 4. The van der Waals surface area contributed by atoms with E-state index in [-0.39, 0.29) is 11.9 Å². The molecule has 4 heteroatoms. The monoisotopic (exact) mass is 304 g/mol. The van der Waals surface area contributed by atoms with Gasteiger partial charge in [-0.2, -0.15) is 0 Å². The maximum atomic E-state index is 12.1. The predicted octanol–water partition coefficient (Wildman–Crippen LogP) is 1.98. The first-order valence-corrected chi connectivity index (χ1v) is 8.11. The lowest BCUT2D eigenvalue weighted by molar-refractivity contribution is -0.143. The fourth-order valence-corrected chi connectivity index (χ4v) is 3.84. The standard InChI is InChI=1S/C18H28N2O2/c1-13-10-20(12-16-8-6-5-7-9-16)11-14(2)17(13)19(4)18(22)15(3)21/h5-9,13-15,17,21H,10-12H2,1-4H3. The van der Waals surface area contributed by atoms with Crippen molar-refractivity contribution < 1.29 is 9.90 Å². The number of likely N-dealkylation sites (tertiary alicyclic amines) is 1. The van der Waals surface area contributed by atoms with Gasteiger partial charge in [-0.3, -0.25) is 9.69 Å². The summed E-state index contributed by atoms with van der Waals surface area (Å²) < 4.78 is 0. The van der Waals surface area contributed by atoms with Gasteiger partial charge in [0.1, 0.15) is 6.10 Å². The fraction of sp³-hybridized carbons (Fsp3) is 0.611. The molecule has 2 rings (SSSR count). The molecule has 0 spiro atoms. The maximum Gasteiger partial charge on any atom is 0.251 e. The lowest BCUT2D eigenvalue weighted by Crippen LogP contribution is -2.56. The van der Waals surface area contributed by atoms with Crippen LogP contribution in [0.4, 0.5) is 0 Å². The van der Waals surface area contributed by atoms with Crippen molar-refractivity contribution in [2.45, 2.75) is 39.5 Å². The third-order valence-corrected chi connectivity index (χ3v) is 4.66. The number of likely N-dealkylation sites (N-methyl/N-ethyl adjacent to an activating group) is 1. The van der Waals surface area contributed by atoms with Crippen molar-refractivity contribution in [3.8, 4) is 0 Å². The van der Waals surface area contributed by atoms with Gasteiger partial charge in [-0.05, 0) is 24.3 Å². The van der Waals surface area contributed by atoms with E-state index >= 15 is 0 Å². The molecule has 4 nitrogen and oxygen atoms in total. The van der Waals surface area contributed by atoms with Crippen molar-refractivity contribution in [1.29, 1.82) is 0 Å². The molecule has 1 aliphatic heterocycles. The number of hydrogen-bond acceptors (Lipinski definition) is 3. The van der Waals surface area contributed by atoms with Gasteiger partial charge in [0.25, 0.3) is 5.91 Å². The highest BCUT2D eigenvalue weighted by Gasteiger charge is 2.36. The number of benzene rings is 1. The summed E-state index contributed by atoms with van der Waals surface area (Å²) in [6.45, 7) is 8.84. The van der Waals surface area contributed by atoms with Crippen molar-refractivity contribution in [3.63, 3.8) is 0 Å². The minimum atomic E-state index is -0.924. The topological polar surface area (TPSA) is 43.8 Å². The molecule has 1 N–H and O–H groups in total. The van der Waals surface area contributed by atoms with E-state index in [9.17, 15) is 9.90 Å². The molecule has 3 unspecified atom stereocenters. The Morgan fingerprint density at radius 2 is 1.82 bits per heavy atom. The van der Waals surface area contributed by atoms with Crippen LogP contribution < -0.4 is 0 Å². The van der Waals surface area contributed by atoms with Gasteiger partial charge in [0, 0.05) is 32.7 Å². The summed E-state index contributed by atoms with van der Waals surface area (Å²) in [7, 11) is 1.82. The van der Waals surface area contributed by atoms with Crippen molar-refractivity contribution >= 4 is 5.91 Å². The summed E-state index contributed by atoms with van der Waals surface area (Å²) in [4.78, 5) is 16.3. The molecule has 1 heterocycles. The number of amides is 1. The summed E-state index contributed by atoms with van der Waals surface area (Å²) in [6, 6.07) is 10.7. The van der Waals surface area contributed by atoms with Crippen molar-refractivity contribution in [1.82, 2.24) is 9.80 Å². The third kappa shape index (κ3) is 3.87. The van der Waals surface area contributed by atoms with Gasteiger partial charge in [0.2, 0.25) is 0 Å². The molecular formula is C18H28N2O2. The Labute approximate surface area is 133 Å². The number of carbonyl (C=O) groups excluding carboxylic acids is 1. The summed E-state index contributed by atoms with van der Waals surface area (Å²) in [5.41, 5.74) is 1.33. The van der Waals surface area contributed by atoms with Gasteiger partial charge in [-0.25, -0.2) is 0 Å².